The van der Waals surface area contributed by atoms with E-state index in [0.717, 1.165) is 0 Å². The number of halogens is 2. The lowest BCUT2D eigenvalue weighted by Gasteiger charge is -2.30. The monoisotopic (exact) mass is 240 g/mol. The molecule has 0 aromatic heterocycles. The fraction of sp³-hybridized carbons (Fsp3) is 0.750. The lowest BCUT2D eigenvalue weighted by atomic mass is 10.1. The van der Waals surface area contributed by atoms with Gasteiger partial charge in [0.05, 0.1) is 0 Å². The van der Waals surface area contributed by atoms with E-state index < -0.39 is 5.66 Å². The maximum atomic E-state index is 11.0. The zero-order valence-electron chi connectivity index (χ0n) is 8.19. The molecular formula is C8H14Cl2N2O2. The molecule has 0 aromatic rings. The molecule has 0 radical (unpaired) electrons. The van der Waals surface area contributed by atoms with E-state index in [1.165, 1.54) is 0 Å². The van der Waals surface area contributed by atoms with Crippen molar-refractivity contribution in [2.45, 2.75) is 25.9 Å². The zero-order valence-corrected chi connectivity index (χ0v) is 9.71. The third-order valence-corrected chi connectivity index (χ3v) is 2.27. The predicted octanol–water partition coefficient (Wildman–Crippen LogP) is 0.823. The Morgan fingerprint density at radius 2 is 1.50 bits per heavy atom. The van der Waals surface area contributed by atoms with E-state index in [1.807, 2.05) is 6.92 Å². The molecule has 0 heterocycles. The van der Waals surface area contributed by atoms with Crippen LogP contribution in [0, 0.1) is 0 Å². The molecule has 0 bridgehead atoms. The first-order valence-corrected chi connectivity index (χ1v) is 5.28. The highest BCUT2D eigenvalue weighted by atomic mass is 35.5. The van der Waals surface area contributed by atoms with E-state index in [2.05, 4.69) is 10.6 Å². The summed E-state index contributed by atoms with van der Waals surface area (Å²) in [5.74, 6) is -0.921. The van der Waals surface area contributed by atoms with Crippen LogP contribution in [0.1, 0.15) is 20.3 Å². The molecule has 4 nitrogen and oxygen atoms in total. The quantitative estimate of drug-likeness (QED) is 0.553. The molecular weight excluding hydrogens is 227 g/mol. The highest BCUT2D eigenvalue weighted by molar-refractivity contribution is 6.27. The Bertz CT molecular complexity index is 203. The second-order valence-corrected chi connectivity index (χ2v) is 3.58. The molecule has 82 valence electrons. The number of amides is 2. The molecule has 14 heavy (non-hydrogen) atoms. The van der Waals surface area contributed by atoms with E-state index in [4.69, 9.17) is 23.2 Å². The summed E-state index contributed by atoms with van der Waals surface area (Å²) < 4.78 is 0. The molecule has 6 heteroatoms. The third kappa shape index (κ3) is 4.67. The van der Waals surface area contributed by atoms with Gasteiger partial charge in [-0.15, -0.1) is 23.2 Å². The molecule has 0 aliphatic heterocycles. The van der Waals surface area contributed by atoms with Crippen LogP contribution in [0.5, 0.6) is 0 Å². The van der Waals surface area contributed by atoms with Crippen molar-refractivity contribution < 1.29 is 9.59 Å². The summed E-state index contributed by atoms with van der Waals surface area (Å²) in [6, 6.07) is 0. The topological polar surface area (TPSA) is 58.2 Å². The molecule has 2 amide bonds. The number of hydrogen-bond acceptors (Lipinski definition) is 2. The summed E-state index contributed by atoms with van der Waals surface area (Å²) in [7, 11) is 0. The molecule has 0 atom stereocenters. The highest BCUT2D eigenvalue weighted by Crippen LogP contribution is 2.04. The Balaban J connectivity index is 4.31. The Morgan fingerprint density at radius 1 is 1.14 bits per heavy atom. The molecule has 0 saturated heterocycles. The Hall–Kier alpha value is -0.480. The van der Waals surface area contributed by atoms with Crippen LogP contribution in [-0.4, -0.2) is 29.2 Å². The number of alkyl halides is 2. The molecule has 0 aliphatic carbocycles. The maximum absolute atomic E-state index is 11.0. The van der Waals surface area contributed by atoms with Crippen molar-refractivity contribution in [3.05, 3.63) is 0 Å². The van der Waals surface area contributed by atoms with Crippen molar-refractivity contribution in [2.24, 2.45) is 0 Å². The van der Waals surface area contributed by atoms with Crippen LogP contribution in [0.25, 0.3) is 0 Å². The highest BCUT2D eigenvalue weighted by Gasteiger charge is 2.25. The van der Waals surface area contributed by atoms with Crippen LogP contribution in [0.3, 0.4) is 0 Å². The maximum Gasteiger partial charge on any atom is 0.236 e. The molecule has 0 fully saturated rings. The second kappa shape index (κ2) is 6.09. The van der Waals surface area contributed by atoms with Gasteiger partial charge in [-0.05, 0) is 13.3 Å². The third-order valence-electron chi connectivity index (χ3n) is 1.78. The van der Waals surface area contributed by atoms with Crippen LogP contribution in [0.2, 0.25) is 0 Å². The Morgan fingerprint density at radius 3 is 1.71 bits per heavy atom. The zero-order chi connectivity index (χ0) is 11.2. The van der Waals surface area contributed by atoms with Gasteiger partial charge in [0.25, 0.3) is 0 Å². The van der Waals surface area contributed by atoms with Crippen molar-refractivity contribution in [1.29, 1.82) is 0 Å². The van der Waals surface area contributed by atoms with E-state index in [0.29, 0.717) is 6.42 Å². The van der Waals surface area contributed by atoms with Gasteiger partial charge < -0.3 is 10.6 Å². The van der Waals surface area contributed by atoms with Crippen LogP contribution in [0.4, 0.5) is 0 Å². The molecule has 2 N–H and O–H groups in total. The first-order chi connectivity index (χ1) is 6.47. The molecule has 0 saturated carbocycles. The van der Waals surface area contributed by atoms with Gasteiger partial charge in [0.2, 0.25) is 11.8 Å². The fourth-order valence-electron chi connectivity index (χ4n) is 0.890. The van der Waals surface area contributed by atoms with Crippen LogP contribution < -0.4 is 10.6 Å². The number of carbonyl (C=O) groups excluding carboxylic acids is 2. The largest absolute Gasteiger partial charge is 0.333 e. The van der Waals surface area contributed by atoms with E-state index in [9.17, 15) is 9.59 Å². The molecule has 0 unspecified atom stereocenters. The number of hydrogen-bond donors (Lipinski definition) is 2. The summed E-state index contributed by atoms with van der Waals surface area (Å²) in [5.41, 5.74) is -0.780. The van der Waals surface area contributed by atoms with Crippen LogP contribution >= 0.6 is 23.2 Å². The van der Waals surface area contributed by atoms with Gasteiger partial charge in [-0.25, -0.2) is 0 Å². The average Bonchev–Trinajstić information content (AvgIpc) is 2.17. The van der Waals surface area contributed by atoms with E-state index in [1.54, 1.807) is 6.92 Å². The number of rotatable bonds is 5. The van der Waals surface area contributed by atoms with Crippen molar-refractivity contribution in [3.8, 4) is 0 Å². The standard InChI is InChI=1S/C8H14Cl2N2O2/c1-3-8(2,11-6(13)4-9)12-7(14)5-10/h3-5H2,1-2H3,(H,11,13)(H,12,14). The SMILES string of the molecule is CCC(C)(NC(=O)CCl)NC(=O)CCl. The van der Waals surface area contributed by atoms with Crippen LogP contribution in [-0.2, 0) is 9.59 Å². The lowest BCUT2D eigenvalue weighted by molar-refractivity contribution is -0.124. The van der Waals surface area contributed by atoms with Gasteiger partial charge in [-0.3, -0.25) is 9.59 Å². The van der Waals surface area contributed by atoms with Gasteiger partial charge in [0.1, 0.15) is 17.4 Å². The molecule has 0 rings (SSSR count). The summed E-state index contributed by atoms with van der Waals surface area (Å²) in [6.07, 6.45) is 0.554. The summed E-state index contributed by atoms with van der Waals surface area (Å²) >= 11 is 10.7. The first kappa shape index (κ1) is 13.5. The Kier molecular flexibility index (Phi) is 5.88. The minimum Gasteiger partial charge on any atom is -0.333 e. The summed E-state index contributed by atoms with van der Waals surface area (Å²) in [6.45, 7) is 3.53. The minimum atomic E-state index is -0.780. The normalized spacial score (nSPS) is 10.9. The predicted molar refractivity (Wildman–Crippen MR) is 56.4 cm³/mol. The first-order valence-electron chi connectivity index (χ1n) is 4.21. The second-order valence-electron chi connectivity index (χ2n) is 3.05. The van der Waals surface area contributed by atoms with Gasteiger partial charge in [0.15, 0.2) is 0 Å². The molecule has 0 aromatic carbocycles. The van der Waals surface area contributed by atoms with Gasteiger partial charge in [0, 0.05) is 0 Å². The van der Waals surface area contributed by atoms with E-state index in [-0.39, 0.29) is 23.6 Å². The van der Waals surface area contributed by atoms with Crippen molar-refractivity contribution in [1.82, 2.24) is 10.6 Å². The fourth-order valence-corrected chi connectivity index (χ4v) is 1.02. The minimum absolute atomic E-state index is 0.133. The smallest absolute Gasteiger partial charge is 0.236 e. The van der Waals surface area contributed by atoms with Crippen LogP contribution in [0.15, 0.2) is 0 Å². The number of carbonyl (C=O) groups is 2. The van der Waals surface area contributed by atoms with Crippen molar-refractivity contribution >= 4 is 35.0 Å². The summed E-state index contributed by atoms with van der Waals surface area (Å²) in [5, 5.41) is 5.19. The van der Waals surface area contributed by atoms with Gasteiger partial charge in [-0.1, -0.05) is 6.92 Å². The van der Waals surface area contributed by atoms with Crippen molar-refractivity contribution in [3.63, 3.8) is 0 Å². The van der Waals surface area contributed by atoms with Gasteiger partial charge >= 0.3 is 0 Å². The van der Waals surface area contributed by atoms with E-state index >= 15 is 0 Å². The van der Waals surface area contributed by atoms with Gasteiger partial charge in [-0.2, -0.15) is 0 Å². The molecule has 0 aliphatic rings. The Labute approximate surface area is 93.3 Å². The van der Waals surface area contributed by atoms with Crippen molar-refractivity contribution in [2.75, 3.05) is 11.8 Å². The average molecular weight is 241 g/mol. The summed E-state index contributed by atoms with van der Waals surface area (Å²) in [4.78, 5) is 22.1. The lowest BCUT2D eigenvalue weighted by Crippen LogP contribution is -2.58. The number of nitrogens with one attached hydrogen (secondary N) is 2. The molecule has 0 spiro atoms.